The van der Waals surface area contributed by atoms with Crippen LogP contribution >= 0.6 is 0 Å². The zero-order valence-electron chi connectivity index (χ0n) is 11.0. The van der Waals surface area contributed by atoms with Gasteiger partial charge in [0.25, 0.3) is 0 Å². The van der Waals surface area contributed by atoms with Crippen LogP contribution in [0.15, 0.2) is 31.0 Å². The van der Waals surface area contributed by atoms with Crippen molar-refractivity contribution in [1.82, 2.24) is 29.9 Å². The van der Waals surface area contributed by atoms with Crippen molar-refractivity contribution in [3.63, 3.8) is 0 Å². The molecule has 1 aliphatic rings. The second-order valence-electron chi connectivity index (χ2n) is 5.06. The second-order valence-corrected chi connectivity index (χ2v) is 5.06. The molecule has 1 saturated heterocycles. The van der Waals surface area contributed by atoms with Crippen LogP contribution in [0.3, 0.4) is 0 Å². The molecule has 3 aromatic rings. The van der Waals surface area contributed by atoms with E-state index in [9.17, 15) is 0 Å². The van der Waals surface area contributed by atoms with Gasteiger partial charge >= 0.3 is 0 Å². The van der Waals surface area contributed by atoms with E-state index in [4.69, 9.17) is 0 Å². The summed E-state index contributed by atoms with van der Waals surface area (Å²) in [7, 11) is 0. The Morgan fingerprint density at radius 1 is 1.30 bits per heavy atom. The third kappa shape index (κ3) is 1.82. The van der Waals surface area contributed by atoms with Crippen molar-refractivity contribution in [3.05, 3.63) is 31.0 Å². The highest BCUT2D eigenvalue weighted by atomic mass is 15.4. The highest BCUT2D eigenvalue weighted by Crippen LogP contribution is 2.28. The Morgan fingerprint density at radius 3 is 3.20 bits per heavy atom. The van der Waals surface area contributed by atoms with Crippen LogP contribution in [0.25, 0.3) is 11.0 Å². The zero-order chi connectivity index (χ0) is 13.4. The van der Waals surface area contributed by atoms with Gasteiger partial charge in [-0.25, -0.2) is 14.6 Å². The van der Waals surface area contributed by atoms with E-state index in [2.05, 4.69) is 30.2 Å². The van der Waals surface area contributed by atoms with Crippen LogP contribution < -0.4 is 4.90 Å². The van der Waals surface area contributed by atoms with Crippen LogP contribution in [0.4, 0.5) is 5.82 Å². The Morgan fingerprint density at radius 2 is 2.30 bits per heavy atom. The van der Waals surface area contributed by atoms with Gasteiger partial charge in [-0.05, 0) is 18.9 Å². The summed E-state index contributed by atoms with van der Waals surface area (Å²) < 4.78 is 1.95. The summed E-state index contributed by atoms with van der Waals surface area (Å²) in [5.74, 6) is 1.00. The summed E-state index contributed by atoms with van der Waals surface area (Å²) in [5, 5.41) is 9.10. The number of fused-ring (bicyclic) bond motifs is 1. The average Bonchev–Trinajstić information content (AvgIpc) is 3.18. The van der Waals surface area contributed by atoms with Gasteiger partial charge in [0.2, 0.25) is 0 Å². The van der Waals surface area contributed by atoms with E-state index in [-0.39, 0.29) is 0 Å². The Kier molecular flexibility index (Phi) is 2.61. The molecule has 1 unspecified atom stereocenters. The standard InChI is InChI=1S/C13H15N7/c1-2-10(20-7-5-17-18-20)8-19(6-1)13-11-3-4-14-12(11)15-9-16-13/h3-5,7,9-10H,1-2,6,8H2,(H,14,15,16). The first-order chi connectivity index (χ1) is 9.92. The summed E-state index contributed by atoms with van der Waals surface area (Å²) in [6, 6.07) is 2.39. The lowest BCUT2D eigenvalue weighted by Crippen LogP contribution is -2.37. The first-order valence-corrected chi connectivity index (χ1v) is 6.80. The number of rotatable bonds is 2. The Balaban J connectivity index is 1.66. The van der Waals surface area contributed by atoms with Gasteiger partial charge in [-0.15, -0.1) is 5.10 Å². The van der Waals surface area contributed by atoms with Gasteiger partial charge in [-0.3, -0.25) is 0 Å². The molecule has 7 heteroatoms. The minimum Gasteiger partial charge on any atom is -0.354 e. The van der Waals surface area contributed by atoms with E-state index in [0.717, 1.165) is 42.8 Å². The molecule has 3 aromatic heterocycles. The lowest BCUT2D eigenvalue weighted by molar-refractivity contribution is 0.368. The number of hydrogen-bond donors (Lipinski definition) is 1. The molecule has 0 aromatic carbocycles. The number of aromatic nitrogens is 6. The van der Waals surface area contributed by atoms with Crippen molar-refractivity contribution in [2.75, 3.05) is 18.0 Å². The maximum absolute atomic E-state index is 4.47. The predicted molar refractivity (Wildman–Crippen MR) is 74.4 cm³/mol. The minimum atomic E-state index is 0.357. The molecule has 1 fully saturated rings. The fourth-order valence-electron chi connectivity index (χ4n) is 2.89. The van der Waals surface area contributed by atoms with E-state index in [0.29, 0.717) is 6.04 Å². The molecule has 0 aliphatic carbocycles. The molecule has 1 atom stereocenters. The Bertz CT molecular complexity index is 702. The van der Waals surface area contributed by atoms with Gasteiger partial charge in [-0.2, -0.15) is 0 Å². The van der Waals surface area contributed by atoms with Crippen LogP contribution in [0.5, 0.6) is 0 Å². The molecule has 1 N–H and O–H groups in total. The molecule has 4 rings (SSSR count). The summed E-state index contributed by atoms with van der Waals surface area (Å²) in [6.45, 7) is 1.92. The number of H-pyrrole nitrogens is 1. The van der Waals surface area contributed by atoms with Crippen LogP contribution in [-0.4, -0.2) is 43.0 Å². The molecule has 0 saturated carbocycles. The van der Waals surface area contributed by atoms with Crippen LogP contribution in [0, 0.1) is 0 Å². The monoisotopic (exact) mass is 269 g/mol. The van der Waals surface area contributed by atoms with Crippen molar-refractivity contribution in [1.29, 1.82) is 0 Å². The third-order valence-corrected chi connectivity index (χ3v) is 3.84. The SMILES string of the molecule is c1cn(C2CCCN(c3ncnc4[nH]ccc34)C2)nn1. The summed E-state index contributed by atoms with van der Waals surface area (Å²) in [5.41, 5.74) is 0.887. The van der Waals surface area contributed by atoms with Gasteiger partial charge in [0.15, 0.2) is 0 Å². The minimum absolute atomic E-state index is 0.357. The lowest BCUT2D eigenvalue weighted by atomic mass is 10.1. The van der Waals surface area contributed by atoms with E-state index in [1.807, 2.05) is 23.1 Å². The quantitative estimate of drug-likeness (QED) is 0.761. The topological polar surface area (TPSA) is 75.5 Å². The summed E-state index contributed by atoms with van der Waals surface area (Å²) in [6.07, 6.45) is 9.44. The van der Waals surface area contributed by atoms with Crippen LogP contribution in [-0.2, 0) is 0 Å². The average molecular weight is 269 g/mol. The first kappa shape index (κ1) is 11.4. The molecule has 0 amide bonds. The zero-order valence-corrected chi connectivity index (χ0v) is 11.0. The maximum Gasteiger partial charge on any atom is 0.142 e. The summed E-state index contributed by atoms with van der Waals surface area (Å²) >= 11 is 0. The van der Waals surface area contributed by atoms with Gasteiger partial charge in [0.05, 0.1) is 17.6 Å². The van der Waals surface area contributed by atoms with E-state index < -0.39 is 0 Å². The van der Waals surface area contributed by atoms with E-state index >= 15 is 0 Å². The van der Waals surface area contributed by atoms with E-state index in [1.165, 1.54) is 0 Å². The Hall–Kier alpha value is -2.44. The smallest absolute Gasteiger partial charge is 0.142 e. The lowest BCUT2D eigenvalue weighted by Gasteiger charge is -2.33. The maximum atomic E-state index is 4.47. The highest BCUT2D eigenvalue weighted by Gasteiger charge is 2.24. The highest BCUT2D eigenvalue weighted by molar-refractivity contribution is 5.87. The fourth-order valence-corrected chi connectivity index (χ4v) is 2.89. The van der Waals surface area contributed by atoms with Crippen LogP contribution in [0.1, 0.15) is 18.9 Å². The number of hydrogen-bond acceptors (Lipinski definition) is 5. The third-order valence-electron chi connectivity index (χ3n) is 3.84. The van der Waals surface area contributed by atoms with Gasteiger partial charge in [-0.1, -0.05) is 5.21 Å². The molecule has 20 heavy (non-hydrogen) atoms. The van der Waals surface area contributed by atoms with Gasteiger partial charge in [0.1, 0.15) is 17.8 Å². The fraction of sp³-hybridized carbons (Fsp3) is 0.385. The molecule has 4 heterocycles. The molecule has 0 radical (unpaired) electrons. The van der Waals surface area contributed by atoms with Crippen molar-refractivity contribution in [2.24, 2.45) is 0 Å². The largest absolute Gasteiger partial charge is 0.354 e. The number of nitrogens with zero attached hydrogens (tertiary/aromatic N) is 6. The van der Waals surface area contributed by atoms with Gasteiger partial charge in [0, 0.05) is 25.5 Å². The van der Waals surface area contributed by atoms with Gasteiger partial charge < -0.3 is 9.88 Å². The molecule has 1 aliphatic heterocycles. The predicted octanol–water partition coefficient (Wildman–Crippen LogP) is 1.39. The van der Waals surface area contributed by atoms with Crippen molar-refractivity contribution in [2.45, 2.75) is 18.9 Å². The number of piperidine rings is 1. The summed E-state index contributed by atoms with van der Waals surface area (Å²) in [4.78, 5) is 14.2. The molecule has 0 spiro atoms. The van der Waals surface area contributed by atoms with Crippen molar-refractivity contribution < 1.29 is 0 Å². The van der Waals surface area contributed by atoms with E-state index in [1.54, 1.807) is 12.5 Å². The van der Waals surface area contributed by atoms with Crippen molar-refractivity contribution in [3.8, 4) is 0 Å². The first-order valence-electron chi connectivity index (χ1n) is 6.80. The number of anilines is 1. The molecular weight excluding hydrogens is 254 g/mol. The number of aromatic amines is 1. The molecular formula is C13H15N7. The molecule has 7 nitrogen and oxygen atoms in total. The Labute approximate surface area is 115 Å². The molecule has 102 valence electrons. The molecule has 0 bridgehead atoms. The number of nitrogens with one attached hydrogen (secondary N) is 1. The normalized spacial score (nSPS) is 19.6. The van der Waals surface area contributed by atoms with Crippen molar-refractivity contribution >= 4 is 16.9 Å². The van der Waals surface area contributed by atoms with Crippen LogP contribution in [0.2, 0.25) is 0 Å². The second kappa shape index (κ2) is 4.59.